The minimum atomic E-state index is -4.62. The Morgan fingerprint density at radius 2 is 1.63 bits per heavy atom. The van der Waals surface area contributed by atoms with Gasteiger partial charge in [0.25, 0.3) is 0 Å². The van der Waals surface area contributed by atoms with Crippen molar-refractivity contribution in [1.29, 1.82) is 0 Å². The van der Waals surface area contributed by atoms with Gasteiger partial charge in [-0.3, -0.25) is 0 Å². The van der Waals surface area contributed by atoms with Crippen molar-refractivity contribution < 1.29 is 31.1 Å². The standard InChI is InChI=1S/C30H30F3N3O4S/c31-30(32,33)23-7-4-8-25(18-23)41(38,39)35-15-13-34(14-16-35)24-9-10-26-22-11-12-36(28(17-22)27(26)19-24)29(37)40-20-21-5-2-1-3-6-21/h1-10,18-19,22,28H,11-17,20H2. The van der Waals surface area contributed by atoms with Crippen LogP contribution in [0, 0.1) is 0 Å². The molecule has 11 heteroatoms. The van der Waals surface area contributed by atoms with Crippen molar-refractivity contribution in [2.24, 2.45) is 0 Å². The van der Waals surface area contributed by atoms with Crippen molar-refractivity contribution in [2.75, 3.05) is 37.6 Å². The molecule has 1 aliphatic carbocycles. The number of likely N-dealkylation sites (tertiary alicyclic amines) is 1. The Balaban J connectivity index is 1.14. The second-order valence-electron chi connectivity index (χ2n) is 10.7. The van der Waals surface area contributed by atoms with Gasteiger partial charge in [-0.15, -0.1) is 0 Å². The molecule has 3 aromatic rings. The average Bonchev–Trinajstić information content (AvgIpc) is 3.26. The lowest BCUT2D eigenvalue weighted by molar-refractivity contribution is -0.137. The molecule has 41 heavy (non-hydrogen) atoms. The van der Waals surface area contributed by atoms with E-state index >= 15 is 0 Å². The quantitative estimate of drug-likeness (QED) is 0.379. The van der Waals surface area contributed by atoms with E-state index in [0.29, 0.717) is 31.6 Å². The summed E-state index contributed by atoms with van der Waals surface area (Å²) in [5.41, 5.74) is 3.21. The molecule has 2 unspecified atom stereocenters. The number of hydrogen-bond acceptors (Lipinski definition) is 5. The van der Waals surface area contributed by atoms with Gasteiger partial charge in [-0.05, 0) is 65.8 Å². The van der Waals surface area contributed by atoms with Gasteiger partial charge in [-0.1, -0.05) is 42.5 Å². The molecule has 2 fully saturated rings. The molecule has 1 amide bonds. The van der Waals surface area contributed by atoms with Crippen molar-refractivity contribution in [3.05, 3.63) is 95.1 Å². The summed E-state index contributed by atoms with van der Waals surface area (Å²) < 4.78 is 72.6. The van der Waals surface area contributed by atoms with E-state index in [9.17, 15) is 26.4 Å². The summed E-state index contributed by atoms with van der Waals surface area (Å²) in [6, 6.07) is 19.6. The number of piperidine rings is 1. The fourth-order valence-corrected chi connectivity index (χ4v) is 7.62. The minimum absolute atomic E-state index is 0.0745. The molecular formula is C30H30F3N3O4S. The first-order valence-electron chi connectivity index (χ1n) is 13.6. The number of sulfonamides is 1. The number of carbonyl (C=O) groups is 1. The maximum atomic E-state index is 13.1. The molecule has 0 radical (unpaired) electrons. The molecule has 2 aliphatic heterocycles. The zero-order valence-electron chi connectivity index (χ0n) is 22.3. The van der Waals surface area contributed by atoms with Crippen LogP contribution in [0.1, 0.15) is 47.1 Å². The fourth-order valence-electron chi connectivity index (χ4n) is 6.15. The minimum Gasteiger partial charge on any atom is -0.445 e. The van der Waals surface area contributed by atoms with E-state index in [1.165, 1.54) is 15.9 Å². The summed E-state index contributed by atoms with van der Waals surface area (Å²) in [6.07, 6.45) is -3.23. The molecule has 3 aliphatic rings. The molecular weight excluding hydrogens is 555 g/mol. The molecule has 2 saturated heterocycles. The summed E-state index contributed by atoms with van der Waals surface area (Å²) in [5.74, 6) is 0.386. The normalized spacial score (nSPS) is 21.0. The smallest absolute Gasteiger partial charge is 0.416 e. The topological polar surface area (TPSA) is 70.2 Å². The Labute approximate surface area is 237 Å². The number of amides is 1. The van der Waals surface area contributed by atoms with E-state index in [1.807, 2.05) is 41.3 Å². The van der Waals surface area contributed by atoms with Crippen LogP contribution < -0.4 is 4.90 Å². The molecule has 7 nitrogen and oxygen atoms in total. The maximum absolute atomic E-state index is 13.1. The Morgan fingerprint density at radius 3 is 2.37 bits per heavy atom. The van der Waals surface area contributed by atoms with Gasteiger partial charge in [0, 0.05) is 38.4 Å². The highest BCUT2D eigenvalue weighted by Crippen LogP contribution is 2.50. The van der Waals surface area contributed by atoms with Gasteiger partial charge in [-0.25, -0.2) is 13.2 Å². The van der Waals surface area contributed by atoms with E-state index in [-0.39, 0.29) is 36.7 Å². The van der Waals surface area contributed by atoms with Crippen molar-refractivity contribution in [3.63, 3.8) is 0 Å². The van der Waals surface area contributed by atoms with Crippen LogP contribution in [-0.2, 0) is 27.5 Å². The Morgan fingerprint density at radius 1 is 0.878 bits per heavy atom. The number of benzene rings is 3. The van der Waals surface area contributed by atoms with Gasteiger partial charge in [0.15, 0.2) is 0 Å². The van der Waals surface area contributed by atoms with Crippen LogP contribution in [0.25, 0.3) is 0 Å². The number of ether oxygens (including phenoxy) is 1. The lowest BCUT2D eigenvalue weighted by Crippen LogP contribution is -2.48. The van der Waals surface area contributed by atoms with E-state index in [4.69, 9.17) is 4.74 Å². The predicted octanol–water partition coefficient (Wildman–Crippen LogP) is 5.79. The maximum Gasteiger partial charge on any atom is 0.416 e. The van der Waals surface area contributed by atoms with Gasteiger partial charge in [-0.2, -0.15) is 17.5 Å². The molecule has 3 aromatic carbocycles. The van der Waals surface area contributed by atoms with Gasteiger partial charge in [0.1, 0.15) is 6.61 Å². The second kappa shape index (κ2) is 10.7. The highest BCUT2D eigenvalue weighted by atomic mass is 32.2. The fraction of sp³-hybridized carbons (Fsp3) is 0.367. The third-order valence-corrected chi connectivity index (χ3v) is 10.2. The average molecular weight is 586 g/mol. The van der Waals surface area contributed by atoms with E-state index < -0.39 is 21.8 Å². The van der Waals surface area contributed by atoms with Crippen molar-refractivity contribution in [1.82, 2.24) is 9.21 Å². The number of anilines is 1. The SMILES string of the molecule is O=C(OCc1ccccc1)N1CCC2CC1c1cc(N3CCN(S(=O)(=O)c4cccc(C(F)(F)F)c4)CC3)ccc12. The van der Waals surface area contributed by atoms with Gasteiger partial charge < -0.3 is 14.5 Å². The molecule has 0 saturated carbocycles. The number of halogens is 3. The van der Waals surface area contributed by atoms with Crippen LogP contribution in [-0.4, -0.2) is 56.4 Å². The molecule has 2 bridgehead atoms. The summed E-state index contributed by atoms with van der Waals surface area (Å²) in [5, 5.41) is 0. The largest absolute Gasteiger partial charge is 0.445 e. The van der Waals surface area contributed by atoms with Crippen molar-refractivity contribution in [2.45, 2.75) is 42.5 Å². The first kappa shape index (κ1) is 27.6. The third-order valence-electron chi connectivity index (χ3n) is 8.31. The molecule has 2 heterocycles. The van der Waals surface area contributed by atoms with Crippen LogP contribution in [0.15, 0.2) is 77.7 Å². The number of carbonyl (C=O) groups excluding carboxylic acids is 1. The number of rotatable bonds is 5. The summed E-state index contributed by atoms with van der Waals surface area (Å²) >= 11 is 0. The van der Waals surface area contributed by atoms with Crippen molar-refractivity contribution >= 4 is 21.8 Å². The Hall–Kier alpha value is -3.57. The second-order valence-corrected chi connectivity index (χ2v) is 12.6. The Bertz CT molecular complexity index is 1540. The molecule has 6 rings (SSSR count). The van der Waals surface area contributed by atoms with E-state index in [1.54, 1.807) is 0 Å². The molecule has 216 valence electrons. The summed E-state index contributed by atoms with van der Waals surface area (Å²) in [6.45, 7) is 1.94. The van der Waals surface area contributed by atoms with Crippen molar-refractivity contribution in [3.8, 4) is 0 Å². The highest BCUT2D eigenvalue weighted by molar-refractivity contribution is 7.89. The van der Waals surface area contributed by atoms with Crippen LogP contribution in [0.4, 0.5) is 23.7 Å². The lowest BCUT2D eigenvalue weighted by atomic mass is 9.96. The van der Waals surface area contributed by atoms with Gasteiger partial charge >= 0.3 is 12.3 Å². The first-order valence-corrected chi connectivity index (χ1v) is 15.1. The van der Waals surface area contributed by atoms with Crippen LogP contribution in [0.2, 0.25) is 0 Å². The van der Waals surface area contributed by atoms with Gasteiger partial charge in [0.05, 0.1) is 16.5 Å². The lowest BCUT2D eigenvalue weighted by Gasteiger charge is -2.36. The number of hydrogen-bond donors (Lipinski definition) is 0. The highest BCUT2D eigenvalue weighted by Gasteiger charge is 2.42. The third kappa shape index (κ3) is 5.40. The monoisotopic (exact) mass is 585 g/mol. The molecule has 0 N–H and O–H groups in total. The van der Waals surface area contributed by atoms with Crippen LogP contribution >= 0.6 is 0 Å². The first-order chi connectivity index (χ1) is 19.6. The number of piperazine rings is 1. The van der Waals surface area contributed by atoms with E-state index in [2.05, 4.69) is 17.0 Å². The molecule has 0 aromatic heterocycles. The van der Waals surface area contributed by atoms with Crippen LogP contribution in [0.3, 0.4) is 0 Å². The Kier molecular flexibility index (Phi) is 7.19. The van der Waals surface area contributed by atoms with E-state index in [0.717, 1.165) is 41.8 Å². The molecule has 0 spiro atoms. The number of alkyl halides is 3. The molecule has 2 atom stereocenters. The summed E-state index contributed by atoms with van der Waals surface area (Å²) in [4.78, 5) is 16.6. The van der Waals surface area contributed by atoms with Gasteiger partial charge in [0.2, 0.25) is 10.0 Å². The van der Waals surface area contributed by atoms with Crippen LogP contribution in [0.5, 0.6) is 0 Å². The number of fused-ring (bicyclic) bond motifs is 5. The zero-order valence-corrected chi connectivity index (χ0v) is 23.1. The zero-order chi connectivity index (χ0) is 28.8. The number of nitrogens with zero attached hydrogens (tertiary/aromatic N) is 3. The predicted molar refractivity (Wildman–Crippen MR) is 147 cm³/mol. The summed E-state index contributed by atoms with van der Waals surface area (Å²) in [7, 11) is -4.07.